The minimum absolute atomic E-state index is 0.167. The van der Waals surface area contributed by atoms with E-state index in [-0.39, 0.29) is 11.7 Å². The van der Waals surface area contributed by atoms with Crippen molar-refractivity contribution in [1.82, 2.24) is 0 Å². The van der Waals surface area contributed by atoms with Gasteiger partial charge in [0.1, 0.15) is 11.4 Å². The predicted molar refractivity (Wildman–Crippen MR) is 82.5 cm³/mol. The molecule has 0 spiro atoms. The van der Waals surface area contributed by atoms with Crippen molar-refractivity contribution in [3.05, 3.63) is 52.5 Å². The van der Waals surface area contributed by atoms with Gasteiger partial charge in [-0.05, 0) is 37.1 Å². The summed E-state index contributed by atoms with van der Waals surface area (Å²) < 4.78 is 28.8. The van der Waals surface area contributed by atoms with Crippen LogP contribution in [0, 0.1) is 10.1 Å². The van der Waals surface area contributed by atoms with Gasteiger partial charge in [0.25, 0.3) is 0 Å². The van der Waals surface area contributed by atoms with Crippen molar-refractivity contribution in [1.29, 1.82) is 0 Å². The molecule has 1 aromatic heterocycles. The minimum Gasteiger partial charge on any atom is -0.467 e. The van der Waals surface area contributed by atoms with Crippen molar-refractivity contribution in [2.24, 2.45) is 5.14 Å². The Balaban J connectivity index is 2.14. The van der Waals surface area contributed by atoms with E-state index in [1.807, 2.05) is 0 Å². The van der Waals surface area contributed by atoms with Crippen LogP contribution in [0.5, 0.6) is 0 Å². The van der Waals surface area contributed by atoms with Gasteiger partial charge in [-0.1, -0.05) is 6.07 Å². The van der Waals surface area contributed by atoms with Crippen LogP contribution in [0.2, 0.25) is 0 Å². The lowest BCUT2D eigenvalue weighted by molar-refractivity contribution is -0.387. The SMILES string of the molecule is NS(=O)(=O)c1cccc(N2CCC[C@H]2c2ccco2)c1[N+](=O)[O-]. The standard InChI is InChI=1S/C14H15N3O5S/c15-23(20,21)13-7-1-4-11(14(13)17(18)19)16-8-2-5-10(16)12-6-3-9-22-12/h1,3-4,6-7,9-10H,2,5,8H2,(H2,15,20,21)/t10-/m0/s1. The summed E-state index contributed by atoms with van der Waals surface area (Å²) >= 11 is 0. The van der Waals surface area contributed by atoms with Gasteiger partial charge >= 0.3 is 5.69 Å². The number of nitro groups is 1. The van der Waals surface area contributed by atoms with E-state index in [1.54, 1.807) is 23.3 Å². The van der Waals surface area contributed by atoms with Crippen molar-refractivity contribution >= 4 is 21.4 Å². The zero-order valence-corrected chi connectivity index (χ0v) is 12.9. The average molecular weight is 337 g/mol. The zero-order valence-electron chi connectivity index (χ0n) is 12.1. The number of anilines is 1. The second-order valence-electron chi connectivity index (χ2n) is 5.29. The molecule has 1 saturated heterocycles. The summed E-state index contributed by atoms with van der Waals surface area (Å²) in [5, 5.41) is 16.6. The number of nitrogens with two attached hydrogens (primary N) is 1. The van der Waals surface area contributed by atoms with E-state index in [0.29, 0.717) is 12.3 Å². The number of hydrogen-bond acceptors (Lipinski definition) is 6. The van der Waals surface area contributed by atoms with E-state index in [2.05, 4.69) is 0 Å². The van der Waals surface area contributed by atoms with Gasteiger partial charge in [0.05, 0.1) is 17.2 Å². The second-order valence-corrected chi connectivity index (χ2v) is 6.82. The Labute approximate surface area is 132 Å². The molecule has 23 heavy (non-hydrogen) atoms. The Kier molecular flexibility index (Phi) is 3.82. The van der Waals surface area contributed by atoms with Crippen LogP contribution in [0.25, 0.3) is 0 Å². The molecule has 122 valence electrons. The number of para-hydroxylation sites is 1. The van der Waals surface area contributed by atoms with Crippen LogP contribution in [0.1, 0.15) is 24.6 Å². The second kappa shape index (κ2) is 5.67. The zero-order chi connectivity index (χ0) is 16.6. The molecule has 9 heteroatoms. The third-order valence-electron chi connectivity index (χ3n) is 3.90. The van der Waals surface area contributed by atoms with Gasteiger partial charge in [-0.25, -0.2) is 13.6 Å². The van der Waals surface area contributed by atoms with Crippen molar-refractivity contribution in [2.75, 3.05) is 11.4 Å². The molecular weight excluding hydrogens is 322 g/mol. The van der Waals surface area contributed by atoms with E-state index in [1.165, 1.54) is 12.1 Å². The molecule has 1 aliphatic heterocycles. The highest BCUT2D eigenvalue weighted by molar-refractivity contribution is 7.89. The van der Waals surface area contributed by atoms with Gasteiger partial charge in [-0.3, -0.25) is 10.1 Å². The van der Waals surface area contributed by atoms with Crippen LogP contribution in [-0.4, -0.2) is 19.9 Å². The molecule has 0 saturated carbocycles. The third-order valence-corrected chi connectivity index (χ3v) is 4.84. The number of sulfonamides is 1. The van der Waals surface area contributed by atoms with Crippen LogP contribution < -0.4 is 10.0 Å². The Bertz CT molecular complexity index is 832. The van der Waals surface area contributed by atoms with Crippen LogP contribution in [-0.2, 0) is 10.0 Å². The molecule has 2 aromatic rings. The maximum atomic E-state index is 11.7. The molecule has 0 radical (unpaired) electrons. The molecule has 1 fully saturated rings. The normalized spacial score (nSPS) is 18.3. The molecule has 0 amide bonds. The number of nitro benzene ring substituents is 1. The van der Waals surface area contributed by atoms with Crippen molar-refractivity contribution < 1.29 is 17.8 Å². The Morgan fingerprint density at radius 1 is 1.30 bits per heavy atom. The fourth-order valence-electron chi connectivity index (χ4n) is 2.99. The topological polar surface area (TPSA) is 120 Å². The summed E-state index contributed by atoms with van der Waals surface area (Å²) in [6, 6.07) is 7.53. The number of benzene rings is 1. The quantitative estimate of drug-likeness (QED) is 0.674. The lowest BCUT2D eigenvalue weighted by Gasteiger charge is -2.25. The lowest BCUT2D eigenvalue weighted by atomic mass is 10.1. The molecule has 1 aromatic carbocycles. The van der Waals surface area contributed by atoms with Gasteiger partial charge in [0.2, 0.25) is 10.0 Å². The summed E-state index contributed by atoms with van der Waals surface area (Å²) in [6.45, 7) is 0.570. The molecule has 0 bridgehead atoms. The Morgan fingerprint density at radius 2 is 2.09 bits per heavy atom. The molecule has 2 N–H and O–H groups in total. The highest BCUT2D eigenvalue weighted by atomic mass is 32.2. The molecule has 2 heterocycles. The number of primary sulfonamides is 1. The van der Waals surface area contributed by atoms with E-state index >= 15 is 0 Å². The molecule has 8 nitrogen and oxygen atoms in total. The summed E-state index contributed by atoms with van der Waals surface area (Å²) in [6.07, 6.45) is 3.13. The monoisotopic (exact) mass is 337 g/mol. The van der Waals surface area contributed by atoms with Crippen molar-refractivity contribution in [3.8, 4) is 0 Å². The summed E-state index contributed by atoms with van der Waals surface area (Å²) in [7, 11) is -4.19. The first-order valence-electron chi connectivity index (χ1n) is 7.00. The highest BCUT2D eigenvalue weighted by Gasteiger charge is 2.35. The lowest BCUT2D eigenvalue weighted by Crippen LogP contribution is -2.24. The first-order chi connectivity index (χ1) is 10.9. The van der Waals surface area contributed by atoms with E-state index in [4.69, 9.17) is 9.56 Å². The summed E-state index contributed by atoms with van der Waals surface area (Å²) in [4.78, 5) is 12.1. The first kappa shape index (κ1) is 15.5. The van der Waals surface area contributed by atoms with Crippen LogP contribution >= 0.6 is 0 Å². The van der Waals surface area contributed by atoms with Gasteiger partial charge < -0.3 is 9.32 Å². The van der Waals surface area contributed by atoms with E-state index in [9.17, 15) is 18.5 Å². The molecule has 0 aliphatic carbocycles. The molecule has 1 aliphatic rings. The third kappa shape index (κ3) is 2.80. The predicted octanol–water partition coefficient (Wildman–Crippen LogP) is 2.18. The van der Waals surface area contributed by atoms with Crippen molar-refractivity contribution in [2.45, 2.75) is 23.8 Å². The number of nitrogens with zero attached hydrogens (tertiary/aromatic N) is 2. The fraction of sp³-hybridized carbons (Fsp3) is 0.286. The maximum absolute atomic E-state index is 11.7. The molecular formula is C14H15N3O5S. The smallest absolute Gasteiger partial charge is 0.312 e. The molecule has 0 unspecified atom stereocenters. The molecule has 3 rings (SSSR count). The highest BCUT2D eigenvalue weighted by Crippen LogP contribution is 2.42. The number of hydrogen-bond donors (Lipinski definition) is 1. The largest absolute Gasteiger partial charge is 0.467 e. The van der Waals surface area contributed by atoms with Crippen molar-refractivity contribution in [3.63, 3.8) is 0 Å². The fourth-order valence-corrected chi connectivity index (χ4v) is 3.70. The van der Waals surface area contributed by atoms with Gasteiger partial charge in [-0.15, -0.1) is 0 Å². The molecule has 1 atom stereocenters. The number of rotatable bonds is 4. The van der Waals surface area contributed by atoms with Crippen LogP contribution in [0.4, 0.5) is 11.4 Å². The average Bonchev–Trinajstić information content (AvgIpc) is 3.16. The van der Waals surface area contributed by atoms with E-state index in [0.717, 1.165) is 18.9 Å². The minimum atomic E-state index is -4.19. The summed E-state index contributed by atoms with van der Waals surface area (Å²) in [5.74, 6) is 0.692. The maximum Gasteiger partial charge on any atom is 0.312 e. The van der Waals surface area contributed by atoms with Gasteiger partial charge in [0, 0.05) is 6.54 Å². The number of furan rings is 1. The van der Waals surface area contributed by atoms with Crippen LogP contribution in [0.3, 0.4) is 0 Å². The Hall–Kier alpha value is -2.39. The van der Waals surface area contributed by atoms with E-state index < -0.39 is 25.5 Å². The van der Waals surface area contributed by atoms with Gasteiger partial charge in [-0.2, -0.15) is 0 Å². The van der Waals surface area contributed by atoms with Crippen LogP contribution in [0.15, 0.2) is 45.9 Å². The summed E-state index contributed by atoms with van der Waals surface area (Å²) in [5.41, 5.74) is -0.256. The van der Waals surface area contributed by atoms with Gasteiger partial charge in [0.15, 0.2) is 4.90 Å². The first-order valence-corrected chi connectivity index (χ1v) is 8.54. The Morgan fingerprint density at radius 3 is 2.70 bits per heavy atom.